The minimum atomic E-state index is -3.41. The van der Waals surface area contributed by atoms with Crippen LogP contribution in [0.1, 0.15) is 18.1 Å². The van der Waals surface area contributed by atoms with Crippen LogP contribution in [0.2, 0.25) is 0 Å². The second kappa shape index (κ2) is 8.13. The van der Waals surface area contributed by atoms with Gasteiger partial charge >= 0.3 is 0 Å². The van der Waals surface area contributed by atoms with Crippen molar-refractivity contribution in [3.05, 3.63) is 59.7 Å². The second-order valence-electron chi connectivity index (χ2n) is 5.81. The lowest BCUT2D eigenvalue weighted by Gasteiger charge is -2.11. The molecule has 2 rings (SSSR count). The molecular formula is C18H24N4O2S. The molecule has 0 radical (unpaired) electrons. The number of aryl methyl sites for hydroxylation is 1. The quantitative estimate of drug-likeness (QED) is 0.612. The highest BCUT2D eigenvalue weighted by Gasteiger charge is 2.16. The molecule has 7 heteroatoms. The molecule has 0 unspecified atom stereocenters. The maximum atomic E-state index is 12.0. The topological polar surface area (TPSA) is 87.8 Å². The van der Waals surface area contributed by atoms with Crippen molar-refractivity contribution in [2.24, 2.45) is 10.7 Å². The number of nitrogens with one attached hydrogen (secondary N) is 1. The normalized spacial score (nSPS) is 12.4. The Labute approximate surface area is 149 Å². The van der Waals surface area contributed by atoms with Gasteiger partial charge in [0.15, 0.2) is 5.96 Å². The van der Waals surface area contributed by atoms with Gasteiger partial charge in [-0.1, -0.05) is 31.2 Å². The average molecular weight is 360 g/mol. The lowest BCUT2D eigenvalue weighted by Crippen LogP contribution is -2.22. The highest BCUT2D eigenvalue weighted by molar-refractivity contribution is 7.89. The highest BCUT2D eigenvalue weighted by Crippen LogP contribution is 2.15. The third-order valence-electron chi connectivity index (χ3n) is 3.74. The summed E-state index contributed by atoms with van der Waals surface area (Å²) in [5, 5.41) is 3.06. The molecule has 25 heavy (non-hydrogen) atoms. The molecule has 0 bridgehead atoms. The second-order valence-corrected chi connectivity index (χ2v) is 7.96. The van der Waals surface area contributed by atoms with Gasteiger partial charge in [-0.25, -0.2) is 17.7 Å². The number of hydrogen-bond donors (Lipinski definition) is 2. The van der Waals surface area contributed by atoms with Crippen molar-refractivity contribution in [1.82, 2.24) is 4.31 Å². The summed E-state index contributed by atoms with van der Waals surface area (Å²) >= 11 is 0. The lowest BCUT2D eigenvalue weighted by molar-refractivity contribution is 0.520. The fraction of sp³-hybridized carbons (Fsp3) is 0.278. The van der Waals surface area contributed by atoms with Crippen LogP contribution < -0.4 is 11.1 Å². The van der Waals surface area contributed by atoms with E-state index in [1.807, 2.05) is 18.2 Å². The minimum Gasteiger partial charge on any atom is -0.370 e. The molecule has 0 fully saturated rings. The first-order valence-corrected chi connectivity index (χ1v) is 9.44. The van der Waals surface area contributed by atoms with Crippen molar-refractivity contribution in [2.45, 2.75) is 24.8 Å². The van der Waals surface area contributed by atoms with Gasteiger partial charge in [0.25, 0.3) is 0 Å². The van der Waals surface area contributed by atoms with Crippen molar-refractivity contribution in [2.75, 3.05) is 19.4 Å². The van der Waals surface area contributed by atoms with E-state index in [0.717, 1.165) is 17.7 Å². The van der Waals surface area contributed by atoms with Gasteiger partial charge < -0.3 is 11.1 Å². The minimum absolute atomic E-state index is 0.257. The summed E-state index contributed by atoms with van der Waals surface area (Å²) < 4.78 is 25.3. The summed E-state index contributed by atoms with van der Waals surface area (Å²) in [6.07, 6.45) is 0.953. The van der Waals surface area contributed by atoms with E-state index >= 15 is 0 Å². The first kappa shape index (κ1) is 19.0. The predicted octanol–water partition coefficient (Wildman–Crippen LogP) is 2.43. The first-order valence-electron chi connectivity index (χ1n) is 8.00. The predicted molar refractivity (Wildman–Crippen MR) is 102 cm³/mol. The number of anilines is 1. The maximum absolute atomic E-state index is 12.0. The first-order chi connectivity index (χ1) is 11.8. The van der Waals surface area contributed by atoms with Gasteiger partial charge in [0.05, 0.1) is 11.4 Å². The Morgan fingerprint density at radius 1 is 1.12 bits per heavy atom. The Morgan fingerprint density at radius 2 is 1.80 bits per heavy atom. The van der Waals surface area contributed by atoms with Gasteiger partial charge in [-0.2, -0.15) is 0 Å². The van der Waals surface area contributed by atoms with E-state index in [1.54, 1.807) is 24.3 Å². The molecule has 2 aromatic carbocycles. The number of rotatable bonds is 6. The van der Waals surface area contributed by atoms with Crippen LogP contribution in [0.3, 0.4) is 0 Å². The molecule has 0 aromatic heterocycles. The molecule has 0 amide bonds. The van der Waals surface area contributed by atoms with E-state index in [4.69, 9.17) is 5.73 Å². The van der Waals surface area contributed by atoms with Gasteiger partial charge in [0, 0.05) is 19.8 Å². The van der Waals surface area contributed by atoms with Gasteiger partial charge in [-0.15, -0.1) is 0 Å². The summed E-state index contributed by atoms with van der Waals surface area (Å²) in [6.45, 7) is 2.46. The molecule has 134 valence electrons. The number of guanidine groups is 1. The summed E-state index contributed by atoms with van der Waals surface area (Å²) in [5.41, 5.74) is 8.91. The number of benzene rings is 2. The van der Waals surface area contributed by atoms with E-state index in [1.165, 1.54) is 24.0 Å². The number of nitrogens with zero attached hydrogens (tertiary/aromatic N) is 2. The molecule has 0 aliphatic heterocycles. The van der Waals surface area contributed by atoms with E-state index < -0.39 is 10.0 Å². The smallest absolute Gasteiger partial charge is 0.242 e. The van der Waals surface area contributed by atoms with Crippen molar-refractivity contribution < 1.29 is 8.42 Å². The fourth-order valence-corrected chi connectivity index (χ4v) is 3.11. The van der Waals surface area contributed by atoms with Crippen LogP contribution in [0, 0.1) is 0 Å². The van der Waals surface area contributed by atoms with Crippen molar-refractivity contribution >= 4 is 21.7 Å². The number of nitrogens with two attached hydrogens (primary N) is 1. The molecule has 0 aliphatic rings. The van der Waals surface area contributed by atoms with Crippen LogP contribution in [0.4, 0.5) is 5.69 Å². The molecule has 0 spiro atoms. The Bertz CT molecular complexity index is 844. The largest absolute Gasteiger partial charge is 0.370 e. The van der Waals surface area contributed by atoms with Crippen LogP contribution in [-0.2, 0) is 23.0 Å². The van der Waals surface area contributed by atoms with Gasteiger partial charge in [0.2, 0.25) is 10.0 Å². The van der Waals surface area contributed by atoms with Crippen LogP contribution in [0.15, 0.2) is 58.4 Å². The lowest BCUT2D eigenvalue weighted by atomic mass is 10.1. The van der Waals surface area contributed by atoms with Gasteiger partial charge in [-0.3, -0.25) is 0 Å². The maximum Gasteiger partial charge on any atom is 0.242 e. The molecule has 6 nitrogen and oxygen atoms in total. The van der Waals surface area contributed by atoms with Crippen molar-refractivity contribution in [3.63, 3.8) is 0 Å². The zero-order chi connectivity index (χ0) is 18.4. The van der Waals surface area contributed by atoms with E-state index in [9.17, 15) is 8.42 Å². The van der Waals surface area contributed by atoms with Crippen molar-refractivity contribution in [3.8, 4) is 0 Å². The highest BCUT2D eigenvalue weighted by atomic mass is 32.2. The molecule has 3 N–H and O–H groups in total. The van der Waals surface area contributed by atoms with Crippen LogP contribution in [0.25, 0.3) is 0 Å². The third-order valence-corrected chi connectivity index (χ3v) is 5.57. The SMILES string of the molecule is CCc1cccc(NC(N)=NCc2ccc(S(=O)(=O)N(C)C)cc2)c1. The average Bonchev–Trinajstić information content (AvgIpc) is 2.60. The fourth-order valence-electron chi connectivity index (χ4n) is 2.21. The molecule has 0 aliphatic carbocycles. The van der Waals surface area contributed by atoms with E-state index in [-0.39, 0.29) is 4.90 Å². The van der Waals surface area contributed by atoms with Crippen LogP contribution >= 0.6 is 0 Å². The van der Waals surface area contributed by atoms with Crippen molar-refractivity contribution in [1.29, 1.82) is 0 Å². The van der Waals surface area contributed by atoms with Gasteiger partial charge in [0.1, 0.15) is 0 Å². The Hall–Kier alpha value is -2.38. The Kier molecular flexibility index (Phi) is 6.17. The molecule has 0 saturated carbocycles. The zero-order valence-electron chi connectivity index (χ0n) is 14.7. The van der Waals surface area contributed by atoms with Gasteiger partial charge in [-0.05, 0) is 41.8 Å². The van der Waals surface area contributed by atoms with Crippen LogP contribution in [-0.4, -0.2) is 32.8 Å². The number of aliphatic imine (C=N–C) groups is 1. The standard InChI is InChI=1S/C18H24N4O2S/c1-4-14-6-5-7-16(12-14)21-18(19)20-13-15-8-10-17(11-9-15)25(23,24)22(2)3/h5-12H,4,13H2,1-3H3,(H3,19,20,21). The Morgan fingerprint density at radius 3 is 2.40 bits per heavy atom. The molecule has 2 aromatic rings. The molecule has 0 atom stereocenters. The molecule has 0 heterocycles. The molecular weight excluding hydrogens is 336 g/mol. The van der Waals surface area contributed by atoms with Crippen LogP contribution in [0.5, 0.6) is 0 Å². The summed E-state index contributed by atoms with van der Waals surface area (Å²) in [5.74, 6) is 0.318. The third kappa shape index (κ3) is 5.04. The number of sulfonamides is 1. The summed E-state index contributed by atoms with van der Waals surface area (Å²) in [6, 6.07) is 14.6. The molecule has 0 saturated heterocycles. The monoisotopic (exact) mass is 360 g/mol. The summed E-state index contributed by atoms with van der Waals surface area (Å²) in [4.78, 5) is 4.55. The summed E-state index contributed by atoms with van der Waals surface area (Å²) in [7, 11) is -0.397. The Balaban J connectivity index is 2.03. The number of hydrogen-bond acceptors (Lipinski definition) is 3. The zero-order valence-corrected chi connectivity index (χ0v) is 15.5. The van der Waals surface area contributed by atoms with E-state index in [2.05, 4.69) is 23.3 Å². The van der Waals surface area contributed by atoms with E-state index in [0.29, 0.717) is 12.5 Å².